The molecule has 1 atom stereocenters. The summed E-state index contributed by atoms with van der Waals surface area (Å²) < 4.78 is 0. The number of carbonyl (C=O) groups is 3. The Bertz CT molecular complexity index is 1900. The summed E-state index contributed by atoms with van der Waals surface area (Å²) >= 11 is 0. The lowest BCUT2D eigenvalue weighted by Gasteiger charge is -2.34. The number of pyridine rings is 1. The summed E-state index contributed by atoms with van der Waals surface area (Å²) in [6.45, 7) is 1.32. The number of aryl methyl sites for hydroxylation is 1. The second-order valence-corrected chi connectivity index (χ2v) is 14.0. The molecule has 11 nitrogen and oxygen atoms in total. The number of benzene rings is 3. The van der Waals surface area contributed by atoms with Gasteiger partial charge in [0.2, 0.25) is 17.4 Å². The van der Waals surface area contributed by atoms with E-state index in [1.807, 2.05) is 48.5 Å². The summed E-state index contributed by atoms with van der Waals surface area (Å²) in [6.07, 6.45) is 6.95. The van der Waals surface area contributed by atoms with E-state index in [2.05, 4.69) is 15.6 Å². The zero-order chi connectivity index (χ0) is 37.1. The Balaban J connectivity index is 0.966. The van der Waals surface area contributed by atoms with Gasteiger partial charge in [-0.2, -0.15) is 0 Å². The molecule has 0 unspecified atom stereocenters. The van der Waals surface area contributed by atoms with Crippen LogP contribution in [-0.2, 0) is 32.8 Å². The first-order valence-corrected chi connectivity index (χ1v) is 18.2. The molecule has 1 fully saturated rings. The van der Waals surface area contributed by atoms with Gasteiger partial charge in [-0.25, -0.2) is 0 Å². The highest BCUT2D eigenvalue weighted by molar-refractivity contribution is 5.90. The third-order valence-electron chi connectivity index (χ3n) is 10.2. The molecule has 11 heteroatoms. The van der Waals surface area contributed by atoms with Crippen molar-refractivity contribution in [3.63, 3.8) is 0 Å². The molecule has 4 aromatic rings. The minimum absolute atomic E-state index is 0.0570. The van der Waals surface area contributed by atoms with Gasteiger partial charge in [-0.15, -0.1) is 0 Å². The van der Waals surface area contributed by atoms with Crippen LogP contribution in [0.15, 0.2) is 77.6 Å². The number of carboxylic acids is 1. The second-order valence-electron chi connectivity index (χ2n) is 14.0. The summed E-state index contributed by atoms with van der Waals surface area (Å²) in [5.41, 5.74) is 3.35. The Labute approximate surface area is 304 Å². The van der Waals surface area contributed by atoms with Crippen molar-refractivity contribution in [2.24, 2.45) is 0 Å². The number of phenolic OH excluding ortho intramolecular Hbond substituents is 1. The number of carbonyl (C=O) groups excluding carboxylic acids is 2. The van der Waals surface area contributed by atoms with E-state index < -0.39 is 17.5 Å². The van der Waals surface area contributed by atoms with Crippen LogP contribution in [0.2, 0.25) is 0 Å². The Hall–Kier alpha value is -5.00. The number of aliphatic hydroxyl groups is 1. The number of phenols is 1. The minimum atomic E-state index is -0.860. The van der Waals surface area contributed by atoms with Crippen LogP contribution < -0.4 is 16.2 Å². The number of rotatable bonds is 17. The van der Waals surface area contributed by atoms with Crippen LogP contribution in [0.1, 0.15) is 92.6 Å². The highest BCUT2D eigenvalue weighted by Gasteiger charge is 2.41. The number of aliphatic hydroxyl groups excluding tert-OH is 1. The van der Waals surface area contributed by atoms with Gasteiger partial charge < -0.3 is 35.8 Å². The normalized spacial score (nSPS) is 14.5. The van der Waals surface area contributed by atoms with E-state index in [-0.39, 0.29) is 29.7 Å². The van der Waals surface area contributed by atoms with Crippen LogP contribution in [0.25, 0.3) is 10.9 Å². The molecule has 1 aliphatic carbocycles. The highest BCUT2D eigenvalue weighted by atomic mass is 16.4. The van der Waals surface area contributed by atoms with Crippen molar-refractivity contribution < 1.29 is 29.7 Å². The number of aromatic hydroxyl groups is 1. The Morgan fingerprint density at radius 3 is 2.42 bits per heavy atom. The quantitative estimate of drug-likeness (QED) is 0.0732. The van der Waals surface area contributed by atoms with Crippen molar-refractivity contribution in [3.8, 4) is 5.75 Å². The lowest BCUT2D eigenvalue weighted by atomic mass is 9.69. The van der Waals surface area contributed by atoms with Crippen LogP contribution in [0.5, 0.6) is 5.75 Å². The third-order valence-corrected chi connectivity index (χ3v) is 10.2. The molecule has 0 radical (unpaired) electrons. The second kappa shape index (κ2) is 18.0. The number of carboxylic acid groups (broad SMARTS) is 1. The number of anilines is 1. The molecule has 2 amide bonds. The molecule has 5 rings (SSSR count). The number of amides is 2. The molecule has 3 aromatic carbocycles. The zero-order valence-electron chi connectivity index (χ0n) is 29.8. The predicted octanol–water partition coefficient (Wildman–Crippen LogP) is 5.93. The molecule has 1 heterocycles. The van der Waals surface area contributed by atoms with E-state index in [1.165, 1.54) is 12.1 Å². The number of nitrogens with one attached hydrogen (secondary N) is 3. The Morgan fingerprint density at radius 1 is 0.904 bits per heavy atom. The Morgan fingerprint density at radius 2 is 1.67 bits per heavy atom. The van der Waals surface area contributed by atoms with Gasteiger partial charge in [0.1, 0.15) is 5.75 Å². The van der Waals surface area contributed by atoms with Crippen LogP contribution in [-0.4, -0.2) is 63.1 Å². The van der Waals surface area contributed by atoms with Gasteiger partial charge in [-0.3, -0.25) is 19.2 Å². The SMILES string of the molecule is CN(CCCCC(=O)Nc1ccc(CNC[C@H](O)c2ccc(O)c3[nH]c(=O)ccc23)cc1)C(=O)CCCc1cccc(C2(C(=O)O)CCCCC2)c1. The number of fused-ring (bicyclic) bond motifs is 1. The van der Waals surface area contributed by atoms with Gasteiger partial charge in [0, 0.05) is 56.7 Å². The standard InChI is InChI=1S/C41H50N4O7/c1-45(38(50)13-8-10-28-9-7-11-30(25-28)41(40(51)52)22-4-2-5-23-41)24-6-3-12-36(48)43-31-16-14-29(15-17-31)26-42-27-35(47)32-18-20-34(46)39-33(32)19-21-37(49)44-39/h7,9,11,14-21,25,35,42,46-47H,2-6,8,10,12-13,22-24,26-27H2,1H3,(H,43,48)(H,44,49)(H,51,52)/t35-/m0/s1. The summed E-state index contributed by atoms with van der Waals surface area (Å²) in [4.78, 5) is 53.5. The lowest BCUT2D eigenvalue weighted by Crippen LogP contribution is -2.37. The van der Waals surface area contributed by atoms with Crippen LogP contribution >= 0.6 is 0 Å². The van der Waals surface area contributed by atoms with Crippen LogP contribution in [0.4, 0.5) is 5.69 Å². The maximum Gasteiger partial charge on any atom is 0.314 e. The predicted molar refractivity (Wildman–Crippen MR) is 201 cm³/mol. The van der Waals surface area contributed by atoms with E-state index in [0.717, 1.165) is 36.0 Å². The molecule has 276 valence electrons. The molecule has 1 aliphatic rings. The first-order valence-electron chi connectivity index (χ1n) is 18.2. The molecule has 0 saturated heterocycles. The third kappa shape index (κ3) is 9.86. The largest absolute Gasteiger partial charge is 0.506 e. The molecule has 0 bridgehead atoms. The molecule has 0 spiro atoms. The monoisotopic (exact) mass is 710 g/mol. The van der Waals surface area contributed by atoms with Gasteiger partial charge in [-0.05, 0) is 85.0 Å². The average Bonchev–Trinajstić information content (AvgIpc) is 3.14. The maximum atomic E-state index is 12.8. The van der Waals surface area contributed by atoms with Gasteiger partial charge in [-0.1, -0.05) is 61.7 Å². The number of nitrogens with zero attached hydrogens (tertiary/aromatic N) is 1. The number of aromatic nitrogens is 1. The average molecular weight is 711 g/mol. The molecular weight excluding hydrogens is 660 g/mol. The lowest BCUT2D eigenvalue weighted by molar-refractivity contribution is -0.145. The molecule has 0 aliphatic heterocycles. The minimum Gasteiger partial charge on any atom is -0.506 e. The van der Waals surface area contributed by atoms with Crippen molar-refractivity contribution in [1.29, 1.82) is 0 Å². The summed E-state index contributed by atoms with van der Waals surface area (Å²) in [7, 11) is 1.79. The van der Waals surface area contributed by atoms with E-state index in [1.54, 1.807) is 24.1 Å². The highest BCUT2D eigenvalue weighted by Crippen LogP contribution is 2.40. The van der Waals surface area contributed by atoms with Crippen LogP contribution in [0.3, 0.4) is 0 Å². The first kappa shape index (κ1) is 38.2. The fourth-order valence-electron chi connectivity index (χ4n) is 7.14. The maximum absolute atomic E-state index is 12.8. The molecule has 1 aromatic heterocycles. The number of hydrogen-bond acceptors (Lipinski definition) is 7. The number of H-pyrrole nitrogens is 1. The van der Waals surface area contributed by atoms with Crippen molar-refractivity contribution in [3.05, 3.63) is 105 Å². The first-order chi connectivity index (χ1) is 25.1. The fraction of sp³-hybridized carbons (Fsp3) is 0.415. The number of hydrogen-bond donors (Lipinski definition) is 6. The Kier molecular flexibility index (Phi) is 13.2. The molecular formula is C41H50N4O7. The van der Waals surface area contributed by atoms with E-state index in [0.29, 0.717) is 86.6 Å². The van der Waals surface area contributed by atoms with Crippen molar-refractivity contribution in [2.45, 2.75) is 88.7 Å². The van der Waals surface area contributed by atoms with Gasteiger partial charge >= 0.3 is 5.97 Å². The summed E-state index contributed by atoms with van der Waals surface area (Å²) in [5.74, 6) is -0.828. The molecule has 52 heavy (non-hydrogen) atoms. The summed E-state index contributed by atoms with van der Waals surface area (Å²) in [6, 6.07) is 21.4. The van der Waals surface area contributed by atoms with E-state index in [9.17, 15) is 34.5 Å². The van der Waals surface area contributed by atoms with E-state index >= 15 is 0 Å². The van der Waals surface area contributed by atoms with Crippen molar-refractivity contribution in [2.75, 3.05) is 25.5 Å². The van der Waals surface area contributed by atoms with Crippen molar-refractivity contribution >= 4 is 34.4 Å². The topological polar surface area (TPSA) is 172 Å². The number of unbranched alkanes of at least 4 members (excludes halogenated alkanes) is 1. The van der Waals surface area contributed by atoms with Crippen LogP contribution in [0, 0.1) is 0 Å². The van der Waals surface area contributed by atoms with Crippen molar-refractivity contribution in [1.82, 2.24) is 15.2 Å². The van der Waals surface area contributed by atoms with Gasteiger partial charge in [0.15, 0.2) is 0 Å². The zero-order valence-corrected chi connectivity index (χ0v) is 29.8. The molecule has 6 N–H and O–H groups in total. The van der Waals surface area contributed by atoms with Gasteiger partial charge in [0.05, 0.1) is 17.0 Å². The smallest absolute Gasteiger partial charge is 0.314 e. The summed E-state index contributed by atoms with van der Waals surface area (Å²) in [5, 5.41) is 37.6. The number of aliphatic carboxylic acids is 1. The van der Waals surface area contributed by atoms with E-state index in [4.69, 9.17) is 0 Å². The number of aromatic amines is 1. The van der Waals surface area contributed by atoms with Gasteiger partial charge in [0.25, 0.3) is 0 Å². The molecule has 1 saturated carbocycles. The fourth-order valence-corrected chi connectivity index (χ4v) is 7.14.